The van der Waals surface area contributed by atoms with Gasteiger partial charge in [0, 0.05) is 69.3 Å². The van der Waals surface area contributed by atoms with Gasteiger partial charge in [0.05, 0.1) is 16.6 Å². The maximum Gasteiger partial charge on any atom is 0.167 e. The summed E-state index contributed by atoms with van der Waals surface area (Å²) in [5.74, 6) is 1.65. The van der Waals surface area contributed by atoms with Crippen LogP contribution in [0.15, 0.2) is 191 Å². The predicted molar refractivity (Wildman–Crippen MR) is 255 cm³/mol. The summed E-state index contributed by atoms with van der Waals surface area (Å²) in [6.45, 7) is 0. The summed E-state index contributed by atoms with van der Waals surface area (Å²) < 4.78 is 18.0. The molecule has 14 rings (SSSR count). The fourth-order valence-corrected chi connectivity index (χ4v) is 10.8. The second-order valence-electron chi connectivity index (χ2n) is 15.9. The van der Waals surface area contributed by atoms with Crippen molar-refractivity contribution in [1.82, 2.24) is 19.5 Å². The van der Waals surface area contributed by atoms with Crippen molar-refractivity contribution in [3.8, 4) is 39.9 Å². The molecule has 0 saturated carbocycles. The molecule has 7 heteroatoms. The van der Waals surface area contributed by atoms with Crippen molar-refractivity contribution in [2.75, 3.05) is 0 Å². The zero-order chi connectivity index (χ0) is 40.5. The summed E-state index contributed by atoms with van der Waals surface area (Å²) in [5, 5.41) is 11.1. The van der Waals surface area contributed by atoms with E-state index in [0.717, 1.165) is 82.7 Å². The molecule has 0 spiro atoms. The van der Waals surface area contributed by atoms with E-state index in [1.165, 1.54) is 36.3 Å². The van der Waals surface area contributed by atoms with Crippen LogP contribution >= 0.6 is 11.3 Å². The van der Waals surface area contributed by atoms with Gasteiger partial charge in [-0.1, -0.05) is 121 Å². The standard InChI is InChI=1S/C55H30N4O2S/c1-2-14-32-28-44-40(27-31(32)13-1)34-15-3-7-21-43(34)59(44)33-29-41-35-16-4-8-22-45(35)61-52(41)42(30-33)55-57-53(38-19-11-24-47-50(38)36-17-5-9-23-46(36)60-47)56-54(58-55)39-20-12-26-49-51(39)37-18-6-10-25-48(37)62-49/h1-30H. The lowest BCUT2D eigenvalue weighted by atomic mass is 10.0. The second kappa shape index (κ2) is 12.7. The van der Waals surface area contributed by atoms with Crippen LogP contribution in [0.5, 0.6) is 0 Å². The number of rotatable bonds is 4. The van der Waals surface area contributed by atoms with Crippen molar-refractivity contribution in [2.45, 2.75) is 0 Å². The average Bonchev–Trinajstić information content (AvgIpc) is 4.09. The topological polar surface area (TPSA) is 69.9 Å². The molecule has 5 aromatic heterocycles. The van der Waals surface area contributed by atoms with E-state index in [4.69, 9.17) is 23.8 Å². The Morgan fingerprint density at radius 3 is 1.79 bits per heavy atom. The van der Waals surface area contributed by atoms with E-state index >= 15 is 0 Å². The van der Waals surface area contributed by atoms with Gasteiger partial charge >= 0.3 is 0 Å². The predicted octanol–water partition coefficient (Wildman–Crippen LogP) is 15.3. The number of hydrogen-bond acceptors (Lipinski definition) is 6. The Bertz CT molecular complexity index is 4060. The monoisotopic (exact) mass is 810 g/mol. The largest absolute Gasteiger partial charge is 0.456 e. The number of nitrogens with zero attached hydrogens (tertiary/aromatic N) is 4. The van der Waals surface area contributed by atoms with Crippen molar-refractivity contribution < 1.29 is 8.83 Å². The number of thiophene rings is 1. The highest BCUT2D eigenvalue weighted by Gasteiger charge is 2.24. The van der Waals surface area contributed by atoms with Crippen LogP contribution in [0, 0.1) is 0 Å². The normalized spacial score (nSPS) is 12.2. The zero-order valence-electron chi connectivity index (χ0n) is 32.8. The average molecular weight is 811 g/mol. The zero-order valence-corrected chi connectivity index (χ0v) is 33.7. The van der Waals surface area contributed by atoms with Gasteiger partial charge in [-0.05, 0) is 71.4 Å². The highest BCUT2D eigenvalue weighted by Crippen LogP contribution is 2.44. The number of fused-ring (bicyclic) bond motifs is 13. The molecule has 0 unspecified atom stereocenters. The number of hydrogen-bond donors (Lipinski definition) is 0. The minimum atomic E-state index is 0.517. The number of furan rings is 2. The molecule has 0 amide bonds. The Morgan fingerprint density at radius 2 is 0.968 bits per heavy atom. The second-order valence-corrected chi connectivity index (χ2v) is 17.0. The molecule has 14 aromatic rings. The lowest BCUT2D eigenvalue weighted by Gasteiger charge is -2.13. The lowest BCUT2D eigenvalue weighted by Crippen LogP contribution is -2.02. The van der Waals surface area contributed by atoms with Gasteiger partial charge < -0.3 is 13.4 Å². The Kier molecular flexibility index (Phi) is 6.89. The summed E-state index contributed by atoms with van der Waals surface area (Å²) in [7, 11) is 0. The van der Waals surface area contributed by atoms with Gasteiger partial charge in [0.15, 0.2) is 17.5 Å². The molecular weight excluding hydrogens is 781 g/mol. The molecular formula is C55H30N4O2S. The highest BCUT2D eigenvalue weighted by molar-refractivity contribution is 7.25. The molecule has 0 radical (unpaired) electrons. The van der Waals surface area contributed by atoms with Crippen LogP contribution in [0.25, 0.3) is 136 Å². The summed E-state index contributed by atoms with van der Waals surface area (Å²) in [6, 6.07) is 63.8. The summed E-state index contributed by atoms with van der Waals surface area (Å²) in [6.07, 6.45) is 0. The summed E-state index contributed by atoms with van der Waals surface area (Å²) in [5.41, 5.74) is 8.91. The Morgan fingerprint density at radius 1 is 0.371 bits per heavy atom. The first-order valence-electron chi connectivity index (χ1n) is 20.7. The van der Waals surface area contributed by atoms with Crippen molar-refractivity contribution in [1.29, 1.82) is 0 Å². The number of aromatic nitrogens is 4. The Labute approximate surface area is 356 Å². The van der Waals surface area contributed by atoms with Crippen LogP contribution in [0.3, 0.4) is 0 Å². The molecule has 0 bridgehead atoms. The first-order chi connectivity index (χ1) is 30.7. The van der Waals surface area contributed by atoms with Crippen LogP contribution in [0.1, 0.15) is 0 Å². The molecule has 6 nitrogen and oxygen atoms in total. The molecule has 0 atom stereocenters. The maximum absolute atomic E-state index is 6.84. The molecule has 0 saturated heterocycles. The third kappa shape index (κ3) is 4.82. The maximum atomic E-state index is 6.84. The van der Waals surface area contributed by atoms with Gasteiger partial charge in [0.2, 0.25) is 0 Å². The van der Waals surface area contributed by atoms with E-state index in [9.17, 15) is 0 Å². The molecule has 5 heterocycles. The first-order valence-corrected chi connectivity index (χ1v) is 21.5. The van der Waals surface area contributed by atoms with Gasteiger partial charge in [0.25, 0.3) is 0 Å². The fourth-order valence-electron chi connectivity index (χ4n) is 9.70. The molecule has 0 aliphatic rings. The molecule has 0 N–H and O–H groups in total. The quantitative estimate of drug-likeness (QED) is 0.177. The van der Waals surface area contributed by atoms with Crippen LogP contribution in [-0.2, 0) is 0 Å². The smallest absolute Gasteiger partial charge is 0.167 e. The van der Waals surface area contributed by atoms with Gasteiger partial charge in [-0.15, -0.1) is 11.3 Å². The van der Waals surface area contributed by atoms with Crippen LogP contribution in [-0.4, -0.2) is 19.5 Å². The third-order valence-corrected chi connectivity index (χ3v) is 13.6. The molecule has 0 fully saturated rings. The van der Waals surface area contributed by atoms with Gasteiger partial charge in [-0.25, -0.2) is 15.0 Å². The fraction of sp³-hybridized carbons (Fsp3) is 0. The Balaban J connectivity index is 1.11. The summed E-state index contributed by atoms with van der Waals surface area (Å²) in [4.78, 5) is 16.3. The Hall–Kier alpha value is -8.13. The van der Waals surface area contributed by atoms with Crippen LogP contribution < -0.4 is 0 Å². The van der Waals surface area contributed by atoms with Gasteiger partial charge in [-0.3, -0.25) is 0 Å². The first kappa shape index (κ1) is 33.7. The van der Waals surface area contributed by atoms with Crippen molar-refractivity contribution in [3.63, 3.8) is 0 Å². The lowest BCUT2D eigenvalue weighted by molar-refractivity contribution is 0.668. The number of para-hydroxylation sites is 3. The van der Waals surface area contributed by atoms with Gasteiger partial charge in [-0.2, -0.15) is 0 Å². The van der Waals surface area contributed by atoms with Crippen molar-refractivity contribution in [2.24, 2.45) is 0 Å². The van der Waals surface area contributed by atoms with Crippen molar-refractivity contribution >= 4 is 108 Å². The third-order valence-electron chi connectivity index (χ3n) is 12.4. The molecule has 62 heavy (non-hydrogen) atoms. The molecule has 0 aliphatic carbocycles. The molecule has 0 aliphatic heterocycles. The molecule has 288 valence electrons. The minimum Gasteiger partial charge on any atom is -0.456 e. The van der Waals surface area contributed by atoms with Gasteiger partial charge in [0.1, 0.15) is 22.3 Å². The van der Waals surface area contributed by atoms with E-state index in [1.807, 2.05) is 42.5 Å². The van der Waals surface area contributed by atoms with E-state index in [2.05, 4.69) is 144 Å². The van der Waals surface area contributed by atoms with Crippen LogP contribution in [0.2, 0.25) is 0 Å². The van der Waals surface area contributed by atoms with Crippen LogP contribution in [0.4, 0.5) is 0 Å². The molecule has 9 aromatic carbocycles. The number of benzene rings is 9. The highest BCUT2D eigenvalue weighted by atomic mass is 32.1. The van der Waals surface area contributed by atoms with E-state index in [1.54, 1.807) is 11.3 Å². The SMILES string of the molecule is c1ccc2cc3c(cc2c1)c1ccccc1n3-c1cc(-c2nc(-c3cccc4oc5ccccc5c34)nc(-c3cccc4sc5ccccc5c34)n2)c2oc3ccccc3c2c1. The minimum absolute atomic E-state index is 0.517. The van der Waals surface area contributed by atoms with Crippen molar-refractivity contribution in [3.05, 3.63) is 182 Å². The van der Waals surface area contributed by atoms with E-state index < -0.39 is 0 Å². The summed E-state index contributed by atoms with van der Waals surface area (Å²) >= 11 is 1.78. The van der Waals surface area contributed by atoms with E-state index in [-0.39, 0.29) is 0 Å². The van der Waals surface area contributed by atoms with E-state index in [0.29, 0.717) is 17.5 Å².